The topological polar surface area (TPSA) is 87.3 Å². The third kappa shape index (κ3) is 6.58. The number of likely N-dealkylation sites (tertiary alicyclic amines) is 1. The molecule has 2 fully saturated rings. The Kier molecular flexibility index (Phi) is 9.00. The molecule has 2 heterocycles. The van der Waals surface area contributed by atoms with Gasteiger partial charge in [-0.05, 0) is 75.4 Å². The Morgan fingerprint density at radius 2 is 2.03 bits per heavy atom. The third-order valence-corrected chi connectivity index (χ3v) is 8.34. The number of ketones is 1. The van der Waals surface area contributed by atoms with Crippen molar-refractivity contribution in [3.63, 3.8) is 0 Å². The minimum atomic E-state index is -0.355. The van der Waals surface area contributed by atoms with E-state index in [9.17, 15) is 14.0 Å². The molecule has 0 radical (unpaired) electrons. The smallest absolute Gasteiger partial charge is 0.224 e. The van der Waals surface area contributed by atoms with E-state index < -0.39 is 0 Å². The molecule has 1 spiro atoms. The average Bonchev–Trinajstić information content (AvgIpc) is 3.38. The SMILES string of the molecule is CCC(=O)CCCCC[C@H](NC(=O)[C@H]1CC12CCN(CC)CC2)c1ncc(-c2cc(F)ccc2OC)[nH]1. The summed E-state index contributed by atoms with van der Waals surface area (Å²) in [6.07, 6.45) is 9.37. The van der Waals surface area contributed by atoms with Gasteiger partial charge in [0.25, 0.3) is 0 Å². The number of piperidine rings is 1. The summed E-state index contributed by atoms with van der Waals surface area (Å²) in [6.45, 7) is 7.28. The van der Waals surface area contributed by atoms with Gasteiger partial charge in [0.15, 0.2) is 0 Å². The zero-order valence-corrected chi connectivity index (χ0v) is 22.4. The van der Waals surface area contributed by atoms with E-state index in [-0.39, 0.29) is 34.9 Å². The van der Waals surface area contributed by atoms with Crippen molar-refractivity contribution in [2.45, 2.75) is 77.7 Å². The van der Waals surface area contributed by atoms with Gasteiger partial charge in [0.05, 0.1) is 25.0 Å². The van der Waals surface area contributed by atoms with Crippen LogP contribution in [0.3, 0.4) is 0 Å². The molecule has 1 aromatic heterocycles. The fourth-order valence-corrected chi connectivity index (χ4v) is 5.70. The van der Waals surface area contributed by atoms with E-state index in [0.717, 1.165) is 64.6 Å². The van der Waals surface area contributed by atoms with E-state index in [2.05, 4.69) is 27.1 Å². The van der Waals surface area contributed by atoms with Crippen LogP contribution in [0.4, 0.5) is 4.39 Å². The highest BCUT2D eigenvalue weighted by molar-refractivity contribution is 5.83. The normalized spacial score (nSPS) is 19.5. The Bertz CT molecular complexity index is 1080. The van der Waals surface area contributed by atoms with Crippen LogP contribution >= 0.6 is 0 Å². The lowest BCUT2D eigenvalue weighted by molar-refractivity contribution is -0.124. The van der Waals surface area contributed by atoms with E-state index in [0.29, 0.717) is 35.7 Å². The number of amides is 1. The Hall–Kier alpha value is -2.74. The van der Waals surface area contributed by atoms with Gasteiger partial charge >= 0.3 is 0 Å². The summed E-state index contributed by atoms with van der Waals surface area (Å²) in [4.78, 5) is 35.4. The molecule has 8 heteroatoms. The number of halogens is 1. The highest BCUT2D eigenvalue weighted by Gasteiger charge is 2.58. The van der Waals surface area contributed by atoms with Gasteiger partial charge in [-0.3, -0.25) is 9.59 Å². The van der Waals surface area contributed by atoms with Crippen molar-refractivity contribution in [3.8, 4) is 17.0 Å². The molecule has 1 aliphatic heterocycles. The Morgan fingerprint density at radius 3 is 2.73 bits per heavy atom. The van der Waals surface area contributed by atoms with E-state index in [4.69, 9.17) is 4.74 Å². The molecule has 1 aliphatic carbocycles. The number of Topliss-reactive ketones (excluding diaryl/α,β-unsaturated/α-hetero) is 1. The molecule has 2 N–H and O–H groups in total. The van der Waals surface area contributed by atoms with Crippen LogP contribution in [0.1, 0.15) is 83.5 Å². The summed E-state index contributed by atoms with van der Waals surface area (Å²) in [7, 11) is 1.55. The fourth-order valence-electron chi connectivity index (χ4n) is 5.70. The monoisotopic (exact) mass is 512 g/mol. The number of nitrogens with one attached hydrogen (secondary N) is 2. The molecule has 0 unspecified atom stereocenters. The number of rotatable bonds is 13. The van der Waals surface area contributed by atoms with Crippen LogP contribution in [0.5, 0.6) is 5.75 Å². The van der Waals surface area contributed by atoms with Crippen molar-refractivity contribution >= 4 is 11.7 Å². The number of imidazole rings is 1. The van der Waals surface area contributed by atoms with E-state index in [1.165, 1.54) is 12.1 Å². The van der Waals surface area contributed by atoms with Crippen LogP contribution in [-0.4, -0.2) is 53.3 Å². The minimum Gasteiger partial charge on any atom is -0.496 e. The Morgan fingerprint density at radius 1 is 1.24 bits per heavy atom. The van der Waals surface area contributed by atoms with Crippen molar-refractivity contribution in [3.05, 3.63) is 36.0 Å². The minimum absolute atomic E-state index is 0.0638. The number of aromatic nitrogens is 2. The van der Waals surface area contributed by atoms with Crippen LogP contribution < -0.4 is 10.1 Å². The number of H-pyrrole nitrogens is 1. The van der Waals surface area contributed by atoms with Gasteiger partial charge in [0, 0.05) is 24.3 Å². The maximum absolute atomic E-state index is 14.0. The molecule has 1 aromatic carbocycles. The molecule has 0 bridgehead atoms. The van der Waals surface area contributed by atoms with Crippen LogP contribution in [-0.2, 0) is 9.59 Å². The summed E-state index contributed by atoms with van der Waals surface area (Å²) in [5.74, 6) is 1.32. The molecular weight excluding hydrogens is 471 g/mol. The first-order valence-electron chi connectivity index (χ1n) is 13.8. The summed E-state index contributed by atoms with van der Waals surface area (Å²) < 4.78 is 19.4. The number of carbonyl (C=O) groups excluding carboxylic acids is 2. The first-order valence-corrected chi connectivity index (χ1v) is 13.8. The summed E-state index contributed by atoms with van der Waals surface area (Å²) in [5, 5.41) is 3.29. The second kappa shape index (κ2) is 12.2. The van der Waals surface area contributed by atoms with Crippen LogP contribution in [0.2, 0.25) is 0 Å². The van der Waals surface area contributed by atoms with E-state index in [1.54, 1.807) is 19.4 Å². The Balaban J connectivity index is 1.44. The molecule has 2 atom stereocenters. The highest BCUT2D eigenvalue weighted by Crippen LogP contribution is 2.59. The molecule has 2 aromatic rings. The second-order valence-electron chi connectivity index (χ2n) is 10.6. The molecular formula is C29H41FN4O3. The maximum atomic E-state index is 14.0. The Labute approximate surface area is 219 Å². The molecule has 202 valence electrons. The lowest BCUT2D eigenvalue weighted by Gasteiger charge is -2.32. The van der Waals surface area contributed by atoms with Gasteiger partial charge in [-0.2, -0.15) is 0 Å². The number of hydrogen-bond acceptors (Lipinski definition) is 5. The van der Waals surface area contributed by atoms with Gasteiger partial charge in [0.2, 0.25) is 5.91 Å². The number of ether oxygens (including phenoxy) is 1. The largest absolute Gasteiger partial charge is 0.496 e. The lowest BCUT2D eigenvalue weighted by atomic mass is 9.90. The van der Waals surface area contributed by atoms with Crippen LogP contribution in [0.25, 0.3) is 11.3 Å². The first kappa shape index (κ1) is 27.3. The zero-order chi connectivity index (χ0) is 26.4. The summed E-state index contributed by atoms with van der Waals surface area (Å²) >= 11 is 0. The molecule has 1 amide bonds. The van der Waals surface area contributed by atoms with Crippen molar-refractivity contribution in [1.82, 2.24) is 20.2 Å². The number of aromatic amines is 1. The number of unbranched alkanes of at least 4 members (excludes halogenated alkanes) is 2. The second-order valence-corrected chi connectivity index (χ2v) is 10.6. The molecule has 7 nitrogen and oxygen atoms in total. The van der Waals surface area contributed by atoms with E-state index in [1.807, 2.05) is 6.92 Å². The van der Waals surface area contributed by atoms with Gasteiger partial charge in [-0.25, -0.2) is 9.37 Å². The van der Waals surface area contributed by atoms with Crippen molar-refractivity contribution < 1.29 is 18.7 Å². The lowest BCUT2D eigenvalue weighted by Crippen LogP contribution is -2.37. The number of benzene rings is 1. The quantitative estimate of drug-likeness (QED) is 0.349. The average molecular weight is 513 g/mol. The number of methoxy groups -OCH3 is 1. The third-order valence-electron chi connectivity index (χ3n) is 8.34. The van der Waals surface area contributed by atoms with Gasteiger partial charge in [-0.15, -0.1) is 0 Å². The zero-order valence-electron chi connectivity index (χ0n) is 22.4. The fraction of sp³-hybridized carbons (Fsp3) is 0.621. The van der Waals surface area contributed by atoms with E-state index >= 15 is 0 Å². The van der Waals surface area contributed by atoms with Crippen LogP contribution in [0.15, 0.2) is 24.4 Å². The number of nitrogens with zero attached hydrogens (tertiary/aromatic N) is 2. The molecule has 2 aliphatic rings. The molecule has 1 saturated carbocycles. The van der Waals surface area contributed by atoms with Gasteiger partial charge in [-0.1, -0.05) is 26.7 Å². The van der Waals surface area contributed by atoms with Crippen molar-refractivity contribution in [1.29, 1.82) is 0 Å². The van der Waals surface area contributed by atoms with Crippen LogP contribution in [0, 0.1) is 17.2 Å². The van der Waals surface area contributed by atoms with Gasteiger partial charge < -0.3 is 19.9 Å². The first-order chi connectivity index (χ1) is 17.9. The number of carbonyl (C=O) groups is 2. The number of hydrogen-bond donors (Lipinski definition) is 2. The highest BCUT2D eigenvalue weighted by atomic mass is 19.1. The van der Waals surface area contributed by atoms with Crippen molar-refractivity contribution in [2.24, 2.45) is 11.3 Å². The van der Waals surface area contributed by atoms with Crippen molar-refractivity contribution in [2.75, 3.05) is 26.7 Å². The summed E-state index contributed by atoms with van der Waals surface area (Å²) in [5.41, 5.74) is 1.39. The molecule has 4 rings (SSSR count). The standard InChI is InChI=1S/C29H41FN4O3/c1-4-21(35)9-7-6-8-10-24(33-28(36)23-18-29(23)13-15-34(5-2)16-14-29)27-31-19-25(32-27)22-17-20(30)11-12-26(22)37-3/h11-12,17,19,23-24H,4-10,13-16,18H2,1-3H3,(H,31,32)(H,33,36)/t23-,24+/m1/s1. The predicted molar refractivity (Wildman–Crippen MR) is 142 cm³/mol. The maximum Gasteiger partial charge on any atom is 0.224 e. The predicted octanol–water partition coefficient (Wildman–Crippen LogP) is 5.43. The van der Waals surface area contributed by atoms with Gasteiger partial charge in [0.1, 0.15) is 23.2 Å². The molecule has 1 saturated heterocycles. The summed E-state index contributed by atoms with van der Waals surface area (Å²) in [6, 6.07) is 4.11. The molecule has 37 heavy (non-hydrogen) atoms.